The summed E-state index contributed by atoms with van der Waals surface area (Å²) in [6.45, 7) is 1.64. The normalized spacial score (nSPS) is 13.0. The quantitative estimate of drug-likeness (QED) is 0.646. The molecule has 1 aliphatic rings. The maximum atomic E-state index is 12.1. The number of rotatable bonds is 6. The summed E-state index contributed by atoms with van der Waals surface area (Å²) in [5.41, 5.74) is 5.80. The van der Waals surface area contributed by atoms with Gasteiger partial charge in [0.2, 0.25) is 0 Å². The average Bonchev–Trinajstić information content (AvgIpc) is 3.13. The van der Waals surface area contributed by atoms with Gasteiger partial charge >= 0.3 is 6.03 Å². The number of amides is 2. The van der Waals surface area contributed by atoms with E-state index in [9.17, 15) is 4.79 Å². The minimum atomic E-state index is -0.185. The molecule has 2 aromatic heterocycles. The molecule has 4 rings (SSSR count). The van der Waals surface area contributed by atoms with E-state index in [4.69, 9.17) is 16.7 Å². The molecule has 150 valence electrons. The van der Waals surface area contributed by atoms with Crippen LogP contribution in [0.5, 0.6) is 0 Å². The van der Waals surface area contributed by atoms with Crippen molar-refractivity contribution >= 4 is 17.6 Å². The van der Waals surface area contributed by atoms with Gasteiger partial charge in [-0.05, 0) is 55.5 Å². The zero-order chi connectivity index (χ0) is 20.1. The van der Waals surface area contributed by atoms with Gasteiger partial charge in [-0.25, -0.2) is 4.79 Å². The van der Waals surface area contributed by atoms with Crippen molar-refractivity contribution in [1.82, 2.24) is 25.4 Å². The lowest BCUT2D eigenvalue weighted by atomic mass is 9.94. The fourth-order valence-corrected chi connectivity index (χ4v) is 3.85. The van der Waals surface area contributed by atoms with Crippen LogP contribution in [0.3, 0.4) is 0 Å². The summed E-state index contributed by atoms with van der Waals surface area (Å²) >= 11 is 5.88. The molecule has 3 aromatic rings. The van der Waals surface area contributed by atoms with Crippen LogP contribution in [-0.2, 0) is 25.9 Å². The Morgan fingerprint density at radius 2 is 1.79 bits per heavy atom. The van der Waals surface area contributed by atoms with Crippen LogP contribution in [0.15, 0.2) is 48.8 Å². The number of carbonyl (C=O) groups excluding carboxylic acids is 1. The first-order valence-electron chi connectivity index (χ1n) is 9.96. The van der Waals surface area contributed by atoms with E-state index in [-0.39, 0.29) is 6.03 Å². The third-order valence-electron chi connectivity index (χ3n) is 5.19. The van der Waals surface area contributed by atoms with Gasteiger partial charge in [0.1, 0.15) is 0 Å². The molecule has 1 aromatic carbocycles. The minimum Gasteiger partial charge on any atom is -0.336 e. The molecule has 0 saturated carbocycles. The summed E-state index contributed by atoms with van der Waals surface area (Å²) in [5, 5.41) is 11.3. The predicted molar refractivity (Wildman–Crippen MR) is 114 cm³/mol. The van der Waals surface area contributed by atoms with Gasteiger partial charge in [0.05, 0.1) is 12.2 Å². The molecule has 0 spiro atoms. The van der Waals surface area contributed by atoms with Crippen molar-refractivity contribution in [2.75, 3.05) is 6.54 Å². The van der Waals surface area contributed by atoms with Gasteiger partial charge in [0, 0.05) is 47.3 Å². The summed E-state index contributed by atoms with van der Waals surface area (Å²) in [6, 6.07) is 11.3. The highest BCUT2D eigenvalue weighted by molar-refractivity contribution is 6.30. The maximum Gasteiger partial charge on any atom is 0.315 e. The fraction of sp³-hybridized carbons (Fsp3) is 0.318. The smallest absolute Gasteiger partial charge is 0.315 e. The second-order valence-corrected chi connectivity index (χ2v) is 7.61. The highest BCUT2D eigenvalue weighted by atomic mass is 35.5. The number of halogens is 1. The first kappa shape index (κ1) is 19.5. The van der Waals surface area contributed by atoms with Crippen molar-refractivity contribution in [3.8, 4) is 11.3 Å². The monoisotopic (exact) mass is 409 g/mol. The molecule has 1 aliphatic carbocycles. The van der Waals surface area contributed by atoms with Crippen LogP contribution < -0.4 is 10.6 Å². The molecule has 2 heterocycles. The minimum absolute atomic E-state index is 0.185. The van der Waals surface area contributed by atoms with E-state index in [1.165, 1.54) is 24.1 Å². The number of hydrogen-bond donors (Lipinski definition) is 2. The molecule has 0 aliphatic heterocycles. The molecule has 0 fully saturated rings. The number of benzene rings is 1. The van der Waals surface area contributed by atoms with E-state index in [1.54, 1.807) is 12.4 Å². The highest BCUT2D eigenvalue weighted by Gasteiger charge is 2.21. The van der Waals surface area contributed by atoms with E-state index in [2.05, 4.69) is 20.3 Å². The highest BCUT2D eigenvalue weighted by Crippen LogP contribution is 2.30. The Hall–Kier alpha value is -2.86. The summed E-state index contributed by atoms with van der Waals surface area (Å²) < 4.78 is 2.06. The molecule has 0 radical (unpaired) electrons. The SMILES string of the molecule is O=C(NCCn1nc(-c2ccncc2)c2c1CCCC2)NCc1ccc(Cl)cc1. The molecule has 6 nitrogen and oxygen atoms in total. The maximum absolute atomic E-state index is 12.1. The number of hydrogen-bond acceptors (Lipinski definition) is 3. The van der Waals surface area contributed by atoms with Crippen molar-refractivity contribution in [3.63, 3.8) is 0 Å². The summed E-state index contributed by atoms with van der Waals surface area (Å²) in [4.78, 5) is 16.2. The van der Waals surface area contributed by atoms with Gasteiger partial charge in [-0.3, -0.25) is 9.67 Å². The van der Waals surface area contributed by atoms with Crippen LogP contribution in [0.2, 0.25) is 5.02 Å². The Labute approximate surface area is 175 Å². The van der Waals surface area contributed by atoms with Crippen LogP contribution in [0.4, 0.5) is 4.79 Å². The summed E-state index contributed by atoms with van der Waals surface area (Å²) in [6.07, 6.45) is 8.08. The van der Waals surface area contributed by atoms with Gasteiger partial charge in [-0.2, -0.15) is 5.10 Å². The fourth-order valence-electron chi connectivity index (χ4n) is 3.72. The lowest BCUT2D eigenvalue weighted by Crippen LogP contribution is -2.37. The van der Waals surface area contributed by atoms with Gasteiger partial charge in [-0.1, -0.05) is 23.7 Å². The van der Waals surface area contributed by atoms with Crippen molar-refractivity contribution < 1.29 is 4.79 Å². The number of urea groups is 1. The van der Waals surface area contributed by atoms with Crippen LogP contribution in [0.25, 0.3) is 11.3 Å². The van der Waals surface area contributed by atoms with Crippen molar-refractivity contribution in [1.29, 1.82) is 0 Å². The Morgan fingerprint density at radius 1 is 1.03 bits per heavy atom. The Kier molecular flexibility index (Phi) is 6.10. The molecule has 0 atom stereocenters. The van der Waals surface area contributed by atoms with Crippen molar-refractivity contribution in [3.05, 3.63) is 70.6 Å². The second kappa shape index (κ2) is 9.09. The molecule has 0 saturated heterocycles. The summed E-state index contributed by atoms with van der Waals surface area (Å²) in [5.74, 6) is 0. The van der Waals surface area contributed by atoms with Crippen LogP contribution in [0, 0.1) is 0 Å². The van der Waals surface area contributed by atoms with Gasteiger partial charge in [-0.15, -0.1) is 0 Å². The third-order valence-corrected chi connectivity index (χ3v) is 5.44. The van der Waals surface area contributed by atoms with Crippen LogP contribution in [-0.4, -0.2) is 27.3 Å². The molecule has 0 bridgehead atoms. The standard InChI is InChI=1S/C22H24ClN5O/c23-18-7-5-16(6-8-18)15-26-22(29)25-13-14-28-20-4-2-1-3-19(20)21(27-28)17-9-11-24-12-10-17/h5-12H,1-4,13-15H2,(H2,25,26,29). The topological polar surface area (TPSA) is 71.8 Å². The molecule has 0 unspecified atom stereocenters. The number of aromatic nitrogens is 3. The molecular formula is C22H24ClN5O. The predicted octanol–water partition coefficient (Wildman–Crippen LogP) is 3.98. The Bertz CT molecular complexity index is 969. The first-order chi connectivity index (χ1) is 14.2. The first-order valence-corrected chi connectivity index (χ1v) is 10.3. The number of nitrogens with zero attached hydrogens (tertiary/aromatic N) is 3. The van der Waals surface area contributed by atoms with Crippen molar-refractivity contribution in [2.24, 2.45) is 0 Å². The van der Waals surface area contributed by atoms with E-state index >= 15 is 0 Å². The van der Waals surface area contributed by atoms with Gasteiger partial charge in [0.15, 0.2) is 0 Å². The largest absolute Gasteiger partial charge is 0.336 e. The van der Waals surface area contributed by atoms with Gasteiger partial charge in [0.25, 0.3) is 0 Å². The zero-order valence-electron chi connectivity index (χ0n) is 16.2. The van der Waals surface area contributed by atoms with Crippen molar-refractivity contribution in [2.45, 2.75) is 38.8 Å². The second-order valence-electron chi connectivity index (χ2n) is 7.18. The average molecular weight is 410 g/mol. The lowest BCUT2D eigenvalue weighted by Gasteiger charge is -2.14. The number of carbonyl (C=O) groups is 1. The van der Waals surface area contributed by atoms with E-state index in [0.29, 0.717) is 24.7 Å². The number of pyridine rings is 1. The van der Waals surface area contributed by atoms with E-state index in [1.807, 2.05) is 36.4 Å². The molecule has 2 N–H and O–H groups in total. The van der Waals surface area contributed by atoms with E-state index < -0.39 is 0 Å². The molecule has 29 heavy (non-hydrogen) atoms. The number of fused-ring (bicyclic) bond motifs is 1. The number of nitrogens with one attached hydrogen (secondary N) is 2. The Balaban J connectivity index is 1.35. The third kappa shape index (κ3) is 4.77. The lowest BCUT2D eigenvalue weighted by molar-refractivity contribution is 0.240. The Morgan fingerprint density at radius 3 is 2.59 bits per heavy atom. The molecule has 2 amide bonds. The van der Waals surface area contributed by atoms with E-state index in [0.717, 1.165) is 29.7 Å². The molecular weight excluding hydrogens is 386 g/mol. The van der Waals surface area contributed by atoms with Gasteiger partial charge < -0.3 is 10.6 Å². The molecule has 7 heteroatoms. The summed E-state index contributed by atoms with van der Waals surface area (Å²) in [7, 11) is 0. The van der Waals surface area contributed by atoms with Crippen LogP contribution >= 0.6 is 11.6 Å². The zero-order valence-corrected chi connectivity index (χ0v) is 17.0. The van der Waals surface area contributed by atoms with Crippen LogP contribution in [0.1, 0.15) is 29.7 Å².